The number of nitrogens with two attached hydrogens (primary N) is 1. The molecule has 1 aromatic heterocycles. The summed E-state index contributed by atoms with van der Waals surface area (Å²) in [6, 6.07) is 7.24. The number of carboxylic acid groups (broad SMARTS) is 1. The van der Waals surface area contributed by atoms with Gasteiger partial charge in [-0.1, -0.05) is 42.1 Å². The smallest absolute Gasteiger partial charge is 0.352 e. The van der Waals surface area contributed by atoms with Gasteiger partial charge in [-0.3, -0.25) is 19.3 Å². The zero-order valence-corrected chi connectivity index (χ0v) is 21.8. The summed E-state index contributed by atoms with van der Waals surface area (Å²) in [6.45, 7) is 0.0572. The van der Waals surface area contributed by atoms with Crippen molar-refractivity contribution in [2.24, 2.45) is 5.14 Å². The zero-order chi connectivity index (χ0) is 27.4. The second-order valence-electron chi connectivity index (χ2n) is 8.02. The van der Waals surface area contributed by atoms with Crippen LogP contribution in [0.5, 0.6) is 0 Å². The Morgan fingerprint density at radius 1 is 1.34 bits per heavy atom. The van der Waals surface area contributed by atoms with Gasteiger partial charge in [0.1, 0.15) is 17.1 Å². The molecule has 4 N–H and O–H groups in total. The number of hydrogen-bond acceptors (Lipinski definition) is 12. The first kappa shape index (κ1) is 27.6. The molecule has 3 atom stereocenters. The topological polar surface area (TPSA) is 217 Å². The third-order valence-electron chi connectivity index (χ3n) is 5.54. The summed E-state index contributed by atoms with van der Waals surface area (Å²) in [5.41, 5.74) is 0.632. The lowest BCUT2D eigenvalue weighted by Crippen LogP contribution is -2.71. The van der Waals surface area contributed by atoms with E-state index >= 15 is 0 Å². The van der Waals surface area contributed by atoms with Crippen molar-refractivity contribution < 1.29 is 37.4 Å². The second-order valence-corrected chi connectivity index (χ2v) is 11.8. The fraction of sp³-hybridized carbons (Fsp3) is 0.350. The molecule has 0 radical (unpaired) electrons. The number of hydrogen-bond donors (Lipinski definition) is 3. The molecule has 3 heterocycles. The van der Waals surface area contributed by atoms with E-state index in [-0.39, 0.29) is 41.1 Å². The number of thioether (sulfide) groups is 2. The molecule has 1 saturated heterocycles. The highest BCUT2D eigenvalue weighted by Crippen LogP contribution is 2.41. The number of tetrazole rings is 1. The Morgan fingerprint density at radius 3 is 2.74 bits per heavy atom. The minimum atomic E-state index is -3.74. The Kier molecular flexibility index (Phi) is 8.34. The molecule has 2 aliphatic heterocycles. The SMILES string of the molecule is NS(=O)(=O)CCn1nnnc1SCC1=C(C(=O)O)N2C(=O)C(NC(=O)[C@H](OC=O)c3ccccc3)[C@H]2SC1. The molecule has 0 aliphatic carbocycles. The highest BCUT2D eigenvalue weighted by molar-refractivity contribution is 8.01. The summed E-state index contributed by atoms with van der Waals surface area (Å²) in [6.07, 6.45) is -1.27. The van der Waals surface area contributed by atoms with E-state index in [4.69, 9.17) is 9.88 Å². The average Bonchev–Trinajstić information content (AvgIpc) is 3.34. The number of amides is 2. The second kappa shape index (κ2) is 11.5. The van der Waals surface area contributed by atoms with Crippen LogP contribution in [0.25, 0.3) is 0 Å². The summed E-state index contributed by atoms with van der Waals surface area (Å²) in [5.74, 6) is -2.68. The van der Waals surface area contributed by atoms with Gasteiger partial charge in [0.25, 0.3) is 18.3 Å². The molecule has 0 saturated carbocycles. The lowest BCUT2D eigenvalue weighted by atomic mass is 10.0. The highest BCUT2D eigenvalue weighted by atomic mass is 32.2. The van der Waals surface area contributed by atoms with Gasteiger partial charge < -0.3 is 15.2 Å². The van der Waals surface area contributed by atoms with E-state index in [1.165, 1.54) is 16.4 Å². The Bertz CT molecular complexity index is 1380. The maximum absolute atomic E-state index is 13.0. The average molecular weight is 584 g/mol. The van der Waals surface area contributed by atoms with Crippen molar-refractivity contribution >= 4 is 57.8 Å². The van der Waals surface area contributed by atoms with Crippen molar-refractivity contribution in [3.05, 3.63) is 47.2 Å². The van der Waals surface area contributed by atoms with Gasteiger partial charge in [-0.2, -0.15) is 0 Å². The van der Waals surface area contributed by atoms with E-state index < -0.39 is 45.3 Å². The molecule has 1 fully saturated rings. The molecule has 1 aromatic carbocycles. The van der Waals surface area contributed by atoms with Crippen LogP contribution in [-0.4, -0.2) is 91.6 Å². The van der Waals surface area contributed by atoms with E-state index in [0.29, 0.717) is 11.1 Å². The number of ether oxygens (including phenoxy) is 1. The molecule has 202 valence electrons. The minimum Gasteiger partial charge on any atom is -0.477 e. The van der Waals surface area contributed by atoms with Gasteiger partial charge in [-0.05, 0) is 16.0 Å². The first-order valence-corrected chi connectivity index (χ1v) is 14.6. The maximum Gasteiger partial charge on any atom is 0.352 e. The van der Waals surface area contributed by atoms with E-state index in [2.05, 4.69) is 20.8 Å². The molecule has 2 aromatic rings. The van der Waals surface area contributed by atoms with Gasteiger partial charge in [0, 0.05) is 17.1 Å². The summed E-state index contributed by atoms with van der Waals surface area (Å²) in [7, 11) is -3.74. The van der Waals surface area contributed by atoms with Crippen LogP contribution in [0.4, 0.5) is 0 Å². The maximum atomic E-state index is 13.0. The molecule has 0 bridgehead atoms. The van der Waals surface area contributed by atoms with Gasteiger partial charge in [0.05, 0.1) is 12.3 Å². The van der Waals surface area contributed by atoms with Crippen LogP contribution in [-0.2, 0) is 40.5 Å². The highest BCUT2D eigenvalue weighted by Gasteiger charge is 2.54. The number of primary sulfonamides is 1. The Labute approximate surface area is 224 Å². The number of aryl methyl sites for hydroxylation is 1. The van der Waals surface area contributed by atoms with Crippen molar-refractivity contribution in [2.75, 3.05) is 17.3 Å². The fourth-order valence-corrected chi connectivity index (χ4v) is 6.62. The number of rotatable bonds is 12. The van der Waals surface area contributed by atoms with Crippen LogP contribution in [0.3, 0.4) is 0 Å². The third kappa shape index (κ3) is 5.98. The first-order chi connectivity index (χ1) is 18.1. The fourth-order valence-electron chi connectivity index (χ4n) is 3.80. The van der Waals surface area contributed by atoms with Crippen molar-refractivity contribution in [1.82, 2.24) is 30.4 Å². The minimum absolute atomic E-state index is 0.0837. The molecule has 15 nitrogen and oxygen atoms in total. The predicted octanol–water partition coefficient (Wildman–Crippen LogP) is -1.29. The van der Waals surface area contributed by atoms with Crippen LogP contribution in [0, 0.1) is 0 Å². The van der Waals surface area contributed by atoms with Crippen molar-refractivity contribution in [3.8, 4) is 0 Å². The number of aliphatic carboxylic acids is 1. The van der Waals surface area contributed by atoms with Crippen LogP contribution >= 0.6 is 23.5 Å². The monoisotopic (exact) mass is 583 g/mol. The standard InChI is InChI=1S/C20H21N7O8S3/c21-38(33,34)7-6-26-20(23-24-25-26)37-9-12-8-36-18-13(17(30)27(18)14(12)19(31)32)22-16(29)15(35-10-28)11-4-2-1-3-5-11/h1-5,10,13,15,18H,6-9H2,(H,22,29)(H,31,32)(H2,21,33,34)/t13?,15-,18-/m1/s1. The van der Waals surface area contributed by atoms with E-state index in [1.54, 1.807) is 30.3 Å². The van der Waals surface area contributed by atoms with Crippen LogP contribution in [0.2, 0.25) is 0 Å². The molecule has 0 spiro atoms. The third-order valence-corrected chi connectivity index (χ3v) is 8.68. The molecule has 2 amide bonds. The summed E-state index contributed by atoms with van der Waals surface area (Å²) in [4.78, 5) is 50.0. The Hall–Kier alpha value is -3.48. The van der Waals surface area contributed by atoms with Gasteiger partial charge in [0.15, 0.2) is 0 Å². The number of carbonyl (C=O) groups excluding carboxylic acids is 3. The predicted molar refractivity (Wildman–Crippen MR) is 133 cm³/mol. The molecule has 18 heteroatoms. The number of nitrogens with one attached hydrogen (secondary N) is 1. The molecule has 38 heavy (non-hydrogen) atoms. The van der Waals surface area contributed by atoms with E-state index in [9.17, 15) is 32.7 Å². The number of carbonyl (C=O) groups is 4. The van der Waals surface area contributed by atoms with Crippen LogP contribution in [0.15, 0.2) is 46.8 Å². The largest absolute Gasteiger partial charge is 0.477 e. The Morgan fingerprint density at radius 2 is 2.08 bits per heavy atom. The number of β-lactam (4-membered cyclic amide) rings is 1. The number of nitrogens with zero attached hydrogens (tertiary/aromatic N) is 5. The van der Waals surface area contributed by atoms with Gasteiger partial charge in [0.2, 0.25) is 21.3 Å². The van der Waals surface area contributed by atoms with Crippen molar-refractivity contribution in [1.29, 1.82) is 0 Å². The summed E-state index contributed by atoms with van der Waals surface area (Å²) < 4.78 is 28.6. The van der Waals surface area contributed by atoms with Crippen LogP contribution < -0.4 is 10.5 Å². The molecule has 1 unspecified atom stereocenters. The van der Waals surface area contributed by atoms with Crippen molar-refractivity contribution in [3.63, 3.8) is 0 Å². The molecule has 4 rings (SSSR count). The number of benzene rings is 1. The van der Waals surface area contributed by atoms with Gasteiger partial charge >= 0.3 is 5.97 Å². The number of sulfonamides is 1. The number of fused-ring (bicyclic) bond motifs is 1. The van der Waals surface area contributed by atoms with Crippen molar-refractivity contribution in [2.45, 2.75) is 29.2 Å². The summed E-state index contributed by atoms with van der Waals surface area (Å²) >= 11 is 2.34. The van der Waals surface area contributed by atoms with E-state index in [1.807, 2.05) is 0 Å². The molecular formula is C20H21N7O8S3. The van der Waals surface area contributed by atoms with Gasteiger partial charge in [-0.15, -0.1) is 16.9 Å². The van der Waals surface area contributed by atoms with Crippen LogP contribution in [0.1, 0.15) is 11.7 Å². The number of carboxylic acids is 1. The van der Waals surface area contributed by atoms with E-state index in [0.717, 1.165) is 16.7 Å². The normalized spacial score (nSPS) is 19.8. The molecule has 2 aliphatic rings. The van der Waals surface area contributed by atoms with Gasteiger partial charge in [-0.25, -0.2) is 23.0 Å². The number of aromatic nitrogens is 4. The summed E-state index contributed by atoms with van der Waals surface area (Å²) in [5, 5.41) is 28.1. The molecular weight excluding hydrogens is 562 g/mol. The Balaban J connectivity index is 1.45. The zero-order valence-electron chi connectivity index (χ0n) is 19.4. The lowest BCUT2D eigenvalue weighted by Gasteiger charge is -2.49. The quantitative estimate of drug-likeness (QED) is 0.151. The first-order valence-electron chi connectivity index (χ1n) is 10.8. The lowest BCUT2D eigenvalue weighted by molar-refractivity contribution is -0.154.